The van der Waals surface area contributed by atoms with Crippen molar-refractivity contribution in [2.75, 3.05) is 11.4 Å². The monoisotopic (exact) mass is 509 g/mol. The van der Waals surface area contributed by atoms with Crippen molar-refractivity contribution in [3.63, 3.8) is 0 Å². The summed E-state index contributed by atoms with van der Waals surface area (Å²) in [5, 5.41) is 6.31. The molecule has 1 aromatic rings. The summed E-state index contributed by atoms with van der Waals surface area (Å²) in [4.78, 5) is 28.8. The third-order valence-corrected chi connectivity index (χ3v) is 8.30. The number of anilines is 1. The standard InChI is InChI=1S/C31H47N3O3/c1-12-13-21-24-19(16-31(21,32-18(2)35)27(36)33-30(9,10)11)17-34-23-15-20(28(3,4)5)14-22(29(6,7)8)25(23)37-26(24)34/h12,14-15,19,21,24,26H,1,13,16-17H2,2-11H3,(H,32,35)(H,33,36)/t19-,21-,24?,26-,31?/m0/s1. The summed E-state index contributed by atoms with van der Waals surface area (Å²) in [5.41, 5.74) is 2.23. The molecule has 3 aliphatic rings. The number of hydrogen-bond donors (Lipinski definition) is 2. The first-order valence-corrected chi connectivity index (χ1v) is 13.7. The molecule has 0 radical (unpaired) electrons. The number of ether oxygens (including phenoxy) is 1. The van der Waals surface area contributed by atoms with Crippen molar-refractivity contribution in [3.05, 3.63) is 35.9 Å². The fraction of sp³-hybridized carbons (Fsp3) is 0.677. The van der Waals surface area contributed by atoms with E-state index in [1.54, 1.807) is 0 Å². The van der Waals surface area contributed by atoms with Crippen LogP contribution in [0.15, 0.2) is 24.8 Å². The molecule has 2 fully saturated rings. The van der Waals surface area contributed by atoms with Gasteiger partial charge in [0.2, 0.25) is 11.8 Å². The van der Waals surface area contributed by atoms with E-state index in [9.17, 15) is 9.59 Å². The zero-order valence-corrected chi connectivity index (χ0v) is 24.5. The fourth-order valence-corrected chi connectivity index (χ4v) is 6.75. The number of nitrogens with one attached hydrogen (secondary N) is 2. The molecule has 2 N–H and O–H groups in total. The van der Waals surface area contributed by atoms with Gasteiger partial charge in [0.05, 0.1) is 5.69 Å². The maximum atomic E-state index is 13.9. The highest BCUT2D eigenvalue weighted by Gasteiger charge is 2.65. The molecule has 2 unspecified atom stereocenters. The van der Waals surface area contributed by atoms with Crippen molar-refractivity contribution in [3.8, 4) is 5.75 Å². The van der Waals surface area contributed by atoms with Crippen molar-refractivity contribution in [2.24, 2.45) is 17.8 Å². The molecule has 37 heavy (non-hydrogen) atoms. The second kappa shape index (κ2) is 8.78. The van der Waals surface area contributed by atoms with E-state index in [0.717, 1.165) is 12.3 Å². The van der Waals surface area contributed by atoms with Gasteiger partial charge in [0.15, 0.2) is 6.23 Å². The van der Waals surface area contributed by atoms with Gasteiger partial charge in [-0.2, -0.15) is 0 Å². The van der Waals surface area contributed by atoms with Gasteiger partial charge in [0.25, 0.3) is 0 Å². The van der Waals surface area contributed by atoms with Crippen LogP contribution in [0.2, 0.25) is 0 Å². The number of hydrogen-bond acceptors (Lipinski definition) is 4. The van der Waals surface area contributed by atoms with Crippen LogP contribution in [-0.4, -0.2) is 35.7 Å². The molecule has 1 aliphatic carbocycles. The molecule has 1 saturated carbocycles. The van der Waals surface area contributed by atoms with Gasteiger partial charge in [-0.25, -0.2) is 0 Å². The zero-order valence-electron chi connectivity index (χ0n) is 24.5. The van der Waals surface area contributed by atoms with Gasteiger partial charge in [-0.3, -0.25) is 9.59 Å². The Hall–Kier alpha value is -2.50. The minimum absolute atomic E-state index is 0.0136. The Morgan fingerprint density at radius 3 is 2.27 bits per heavy atom. The minimum atomic E-state index is -0.990. The summed E-state index contributed by atoms with van der Waals surface area (Å²) < 4.78 is 6.87. The first kappa shape index (κ1) is 27.5. The van der Waals surface area contributed by atoms with Crippen molar-refractivity contribution in [1.29, 1.82) is 0 Å². The minimum Gasteiger partial charge on any atom is -0.468 e. The SMILES string of the molecule is C=CC[C@H]1C2[C@H](CN3c4cc(C(C)(C)C)cc(C(C)(C)C)c4O[C@@H]23)CC1(NC(C)=O)C(=O)NC(C)(C)C. The van der Waals surface area contributed by atoms with Crippen molar-refractivity contribution in [2.45, 2.75) is 110 Å². The lowest BCUT2D eigenvalue weighted by Gasteiger charge is -2.40. The summed E-state index contributed by atoms with van der Waals surface area (Å²) >= 11 is 0. The maximum absolute atomic E-state index is 13.9. The number of rotatable bonds is 4. The number of fused-ring (bicyclic) bond motifs is 5. The highest BCUT2D eigenvalue weighted by Crippen LogP contribution is 2.59. The first-order chi connectivity index (χ1) is 16.9. The lowest BCUT2D eigenvalue weighted by atomic mass is 9.78. The van der Waals surface area contributed by atoms with Crippen LogP contribution in [-0.2, 0) is 20.4 Å². The Morgan fingerprint density at radius 1 is 1.11 bits per heavy atom. The van der Waals surface area contributed by atoms with Crippen LogP contribution in [0.25, 0.3) is 0 Å². The summed E-state index contributed by atoms with van der Waals surface area (Å²) in [5.74, 6) is 0.869. The molecule has 1 saturated heterocycles. The van der Waals surface area contributed by atoms with Gasteiger partial charge in [0.1, 0.15) is 11.3 Å². The molecule has 2 heterocycles. The predicted octanol–water partition coefficient (Wildman–Crippen LogP) is 5.44. The van der Waals surface area contributed by atoms with E-state index >= 15 is 0 Å². The van der Waals surface area contributed by atoms with Gasteiger partial charge < -0.3 is 20.3 Å². The third kappa shape index (κ3) is 4.77. The fourth-order valence-electron chi connectivity index (χ4n) is 6.75. The van der Waals surface area contributed by atoms with Crippen LogP contribution in [0, 0.1) is 17.8 Å². The average molecular weight is 510 g/mol. The molecular formula is C31H47N3O3. The zero-order chi connectivity index (χ0) is 27.7. The third-order valence-electron chi connectivity index (χ3n) is 8.30. The number of carbonyl (C=O) groups is 2. The van der Waals surface area contributed by atoms with Crippen LogP contribution in [0.1, 0.15) is 93.2 Å². The van der Waals surface area contributed by atoms with Crippen LogP contribution < -0.4 is 20.3 Å². The molecule has 6 nitrogen and oxygen atoms in total. The van der Waals surface area contributed by atoms with Crippen molar-refractivity contribution < 1.29 is 14.3 Å². The first-order valence-electron chi connectivity index (χ1n) is 13.7. The molecule has 1 aromatic carbocycles. The molecule has 2 aliphatic heterocycles. The van der Waals surface area contributed by atoms with E-state index in [1.165, 1.54) is 23.7 Å². The molecular weight excluding hydrogens is 462 g/mol. The molecule has 204 valence electrons. The lowest BCUT2D eigenvalue weighted by molar-refractivity contribution is -0.136. The Bertz CT molecular complexity index is 1100. The second-order valence-electron chi connectivity index (χ2n) is 14.6. The highest BCUT2D eigenvalue weighted by atomic mass is 16.5. The Balaban J connectivity index is 1.79. The van der Waals surface area contributed by atoms with E-state index in [1.807, 2.05) is 26.8 Å². The van der Waals surface area contributed by atoms with E-state index in [-0.39, 0.29) is 46.6 Å². The van der Waals surface area contributed by atoms with Gasteiger partial charge >= 0.3 is 0 Å². The molecule has 5 atom stereocenters. The molecule has 0 aromatic heterocycles. The summed E-state index contributed by atoms with van der Waals surface area (Å²) in [6, 6.07) is 4.62. The van der Waals surface area contributed by atoms with Gasteiger partial charge in [-0.15, -0.1) is 6.58 Å². The molecule has 2 amide bonds. The molecule has 6 heteroatoms. The molecule has 0 spiro atoms. The quantitative estimate of drug-likeness (QED) is 0.531. The topological polar surface area (TPSA) is 70.7 Å². The van der Waals surface area contributed by atoms with E-state index in [0.29, 0.717) is 12.8 Å². The van der Waals surface area contributed by atoms with Crippen molar-refractivity contribution in [1.82, 2.24) is 10.6 Å². The summed E-state index contributed by atoms with van der Waals surface area (Å²) in [6.07, 6.45) is 2.94. The van der Waals surface area contributed by atoms with Gasteiger partial charge in [0, 0.05) is 36.4 Å². The Kier molecular flexibility index (Phi) is 6.53. The normalized spacial score (nSPS) is 28.8. The smallest absolute Gasteiger partial charge is 0.246 e. The lowest BCUT2D eigenvalue weighted by Crippen LogP contribution is -2.64. The summed E-state index contributed by atoms with van der Waals surface area (Å²) in [7, 11) is 0. The van der Waals surface area contributed by atoms with Gasteiger partial charge in [-0.05, 0) is 62.0 Å². The molecule has 0 bridgehead atoms. The number of benzene rings is 1. The number of allylic oxidation sites excluding steroid dienone is 1. The number of amides is 2. The average Bonchev–Trinajstić information content (AvgIpc) is 3.32. The highest BCUT2D eigenvalue weighted by molar-refractivity contribution is 5.92. The number of nitrogens with zero attached hydrogens (tertiary/aromatic N) is 1. The van der Waals surface area contributed by atoms with Crippen LogP contribution in [0.5, 0.6) is 5.75 Å². The Labute approximate surface area is 223 Å². The second-order valence-corrected chi connectivity index (χ2v) is 14.6. The Morgan fingerprint density at radius 2 is 1.76 bits per heavy atom. The van der Waals surface area contributed by atoms with E-state index < -0.39 is 11.1 Å². The van der Waals surface area contributed by atoms with Crippen LogP contribution in [0.3, 0.4) is 0 Å². The summed E-state index contributed by atoms with van der Waals surface area (Å²) in [6.45, 7) is 25.7. The van der Waals surface area contributed by atoms with E-state index in [2.05, 4.69) is 75.8 Å². The van der Waals surface area contributed by atoms with Crippen LogP contribution >= 0.6 is 0 Å². The number of carbonyl (C=O) groups excluding carboxylic acids is 2. The van der Waals surface area contributed by atoms with Crippen molar-refractivity contribution >= 4 is 17.5 Å². The largest absolute Gasteiger partial charge is 0.468 e. The maximum Gasteiger partial charge on any atom is 0.246 e. The van der Waals surface area contributed by atoms with Crippen LogP contribution in [0.4, 0.5) is 5.69 Å². The predicted molar refractivity (Wildman–Crippen MR) is 150 cm³/mol. The van der Waals surface area contributed by atoms with Gasteiger partial charge in [-0.1, -0.05) is 53.7 Å². The van der Waals surface area contributed by atoms with E-state index in [4.69, 9.17) is 4.74 Å². The molecule has 4 rings (SSSR count).